The summed E-state index contributed by atoms with van der Waals surface area (Å²) in [6.45, 7) is 0. The molecule has 0 radical (unpaired) electrons. The molecule has 1 N–H and O–H groups in total. The Balaban J connectivity index is 1.95. The molecule has 0 unspecified atom stereocenters. The van der Waals surface area contributed by atoms with E-state index in [0.29, 0.717) is 5.56 Å². The molecule has 8 nitrogen and oxygen atoms in total. The second-order valence-corrected chi connectivity index (χ2v) is 5.31. The Morgan fingerprint density at radius 2 is 1.64 bits per heavy atom. The number of nitro benzene ring substituents is 2. The molecule has 0 saturated carbocycles. The number of ether oxygens (including phenoxy) is 1. The van der Waals surface area contributed by atoms with Crippen molar-refractivity contribution in [3.63, 3.8) is 0 Å². The Morgan fingerprint density at radius 1 is 0.960 bits per heavy atom. The molecule has 0 atom stereocenters. The Hall–Kier alpha value is -3.68. The number of hydrogen-bond donors (Lipinski definition) is 1. The molecule has 0 spiro atoms. The van der Waals surface area contributed by atoms with Crippen LogP contribution >= 0.6 is 0 Å². The van der Waals surface area contributed by atoms with Gasteiger partial charge in [0.15, 0.2) is 0 Å². The smallest absolute Gasteiger partial charge is 0.276 e. The Morgan fingerprint density at radius 3 is 2.24 bits per heavy atom. The summed E-state index contributed by atoms with van der Waals surface area (Å²) in [7, 11) is 1.59. The van der Waals surface area contributed by atoms with Gasteiger partial charge in [-0.1, -0.05) is 6.08 Å². The van der Waals surface area contributed by atoms with Gasteiger partial charge in [-0.15, -0.1) is 0 Å². The summed E-state index contributed by atoms with van der Waals surface area (Å²) in [5, 5.41) is 22.8. The summed E-state index contributed by atoms with van der Waals surface area (Å²) in [6, 6.07) is 11.0. The molecule has 0 aliphatic rings. The van der Waals surface area contributed by atoms with Gasteiger partial charge in [-0.2, -0.15) is 0 Å². The van der Waals surface area contributed by atoms with Crippen LogP contribution in [0.25, 0.3) is 23.1 Å². The van der Waals surface area contributed by atoms with Gasteiger partial charge in [0.2, 0.25) is 0 Å². The number of fused-ring (bicyclic) bond motifs is 1. The number of aromatic amines is 1. The normalized spacial score (nSPS) is 11.1. The molecule has 0 aliphatic carbocycles. The minimum atomic E-state index is -0.653. The van der Waals surface area contributed by atoms with E-state index < -0.39 is 9.85 Å². The van der Waals surface area contributed by atoms with Crippen molar-refractivity contribution in [2.45, 2.75) is 0 Å². The summed E-state index contributed by atoms with van der Waals surface area (Å²) in [4.78, 5) is 23.7. The maximum Gasteiger partial charge on any atom is 0.276 e. The topological polar surface area (TPSA) is 111 Å². The van der Waals surface area contributed by atoms with Crippen LogP contribution < -0.4 is 4.74 Å². The lowest BCUT2D eigenvalue weighted by molar-refractivity contribution is -0.394. The van der Waals surface area contributed by atoms with Gasteiger partial charge in [0.1, 0.15) is 5.75 Å². The van der Waals surface area contributed by atoms with Crippen molar-refractivity contribution in [2.75, 3.05) is 7.11 Å². The highest BCUT2D eigenvalue weighted by atomic mass is 16.6. The molecule has 0 amide bonds. The van der Waals surface area contributed by atoms with E-state index in [0.717, 1.165) is 28.4 Å². The predicted molar refractivity (Wildman–Crippen MR) is 93.5 cm³/mol. The zero-order valence-corrected chi connectivity index (χ0v) is 13.1. The van der Waals surface area contributed by atoms with E-state index in [1.807, 2.05) is 24.3 Å². The third kappa shape index (κ3) is 3.47. The van der Waals surface area contributed by atoms with Crippen LogP contribution in [0.15, 0.2) is 42.5 Å². The van der Waals surface area contributed by atoms with Crippen LogP contribution in [-0.2, 0) is 0 Å². The molecule has 1 aromatic heterocycles. The molecule has 126 valence electrons. The van der Waals surface area contributed by atoms with Crippen molar-refractivity contribution in [3.05, 3.63) is 74.0 Å². The van der Waals surface area contributed by atoms with Crippen molar-refractivity contribution >= 4 is 34.4 Å². The van der Waals surface area contributed by atoms with Gasteiger partial charge in [0, 0.05) is 28.7 Å². The second-order valence-electron chi connectivity index (χ2n) is 5.31. The van der Waals surface area contributed by atoms with Crippen molar-refractivity contribution in [1.82, 2.24) is 4.98 Å². The zero-order chi connectivity index (χ0) is 18.0. The molecule has 0 aliphatic heterocycles. The minimum Gasteiger partial charge on any atom is -0.497 e. The number of nitro groups is 2. The van der Waals surface area contributed by atoms with Gasteiger partial charge in [-0.25, -0.2) is 0 Å². The largest absolute Gasteiger partial charge is 0.497 e. The van der Waals surface area contributed by atoms with Crippen molar-refractivity contribution in [2.24, 2.45) is 0 Å². The van der Waals surface area contributed by atoms with E-state index in [4.69, 9.17) is 4.74 Å². The molecule has 2 aromatic carbocycles. The number of nitrogens with zero attached hydrogens (tertiary/aromatic N) is 2. The number of non-ortho nitro benzene ring substituents is 2. The SMILES string of the molecule is COc1ccc2[nH]c(/C=C/c3cc([N+](=O)[O-])cc([N+](=O)[O-])c3)cc2c1. The molecular formula is C17H13N3O5. The first-order chi connectivity index (χ1) is 12.0. The van der Waals surface area contributed by atoms with Crippen LogP contribution in [0.1, 0.15) is 11.3 Å². The van der Waals surface area contributed by atoms with E-state index in [9.17, 15) is 20.2 Å². The Labute approximate surface area is 141 Å². The van der Waals surface area contributed by atoms with Gasteiger partial charge in [0.25, 0.3) is 11.4 Å². The number of methoxy groups -OCH3 is 1. The molecule has 0 saturated heterocycles. The monoisotopic (exact) mass is 339 g/mol. The van der Waals surface area contributed by atoms with Crippen LogP contribution in [0, 0.1) is 20.2 Å². The molecule has 8 heteroatoms. The van der Waals surface area contributed by atoms with Crippen LogP contribution in [0.5, 0.6) is 5.75 Å². The van der Waals surface area contributed by atoms with E-state index in [1.54, 1.807) is 19.3 Å². The number of hydrogen-bond acceptors (Lipinski definition) is 5. The quantitative estimate of drug-likeness (QED) is 0.554. The molecule has 25 heavy (non-hydrogen) atoms. The highest BCUT2D eigenvalue weighted by Crippen LogP contribution is 2.25. The summed E-state index contributed by atoms with van der Waals surface area (Å²) in [5.41, 5.74) is 1.39. The third-order valence-electron chi connectivity index (χ3n) is 3.65. The first-order valence-corrected chi connectivity index (χ1v) is 7.25. The molecule has 1 heterocycles. The van der Waals surface area contributed by atoms with E-state index in [-0.39, 0.29) is 11.4 Å². The van der Waals surface area contributed by atoms with Crippen LogP contribution in [-0.4, -0.2) is 21.9 Å². The summed E-state index contributed by atoms with van der Waals surface area (Å²) in [5.74, 6) is 0.733. The second kappa shape index (κ2) is 6.44. The highest BCUT2D eigenvalue weighted by molar-refractivity contribution is 5.85. The summed E-state index contributed by atoms with van der Waals surface area (Å²) in [6.07, 6.45) is 3.29. The Bertz CT molecular complexity index is 974. The number of aromatic nitrogens is 1. The average molecular weight is 339 g/mol. The number of benzene rings is 2. The number of nitrogens with one attached hydrogen (secondary N) is 1. The molecular weight excluding hydrogens is 326 g/mol. The van der Waals surface area contributed by atoms with Crippen LogP contribution in [0.3, 0.4) is 0 Å². The fourth-order valence-corrected chi connectivity index (χ4v) is 2.46. The van der Waals surface area contributed by atoms with E-state index in [1.165, 1.54) is 12.1 Å². The third-order valence-corrected chi connectivity index (χ3v) is 3.65. The Kier molecular flexibility index (Phi) is 4.17. The van der Waals surface area contributed by atoms with Gasteiger partial charge < -0.3 is 9.72 Å². The molecule has 0 fully saturated rings. The lowest BCUT2D eigenvalue weighted by Gasteiger charge is -1.97. The van der Waals surface area contributed by atoms with Gasteiger partial charge >= 0.3 is 0 Å². The zero-order valence-electron chi connectivity index (χ0n) is 13.1. The summed E-state index contributed by atoms with van der Waals surface area (Å²) < 4.78 is 5.17. The van der Waals surface area contributed by atoms with Gasteiger partial charge in [0.05, 0.1) is 23.0 Å². The van der Waals surface area contributed by atoms with Crippen molar-refractivity contribution in [3.8, 4) is 5.75 Å². The lowest BCUT2D eigenvalue weighted by Crippen LogP contribution is -1.93. The summed E-state index contributed by atoms with van der Waals surface area (Å²) >= 11 is 0. The minimum absolute atomic E-state index is 0.324. The van der Waals surface area contributed by atoms with Crippen molar-refractivity contribution in [1.29, 1.82) is 0 Å². The fourth-order valence-electron chi connectivity index (χ4n) is 2.46. The van der Waals surface area contributed by atoms with Crippen molar-refractivity contribution < 1.29 is 14.6 Å². The van der Waals surface area contributed by atoms with E-state index in [2.05, 4.69) is 4.98 Å². The first kappa shape index (κ1) is 16.2. The average Bonchev–Trinajstić information content (AvgIpc) is 3.01. The standard InChI is InChI=1S/C17H13N3O5/c1-25-16-4-5-17-12(9-16)8-13(18-17)3-2-11-6-14(19(21)22)10-15(7-11)20(23)24/h2-10,18H,1H3/b3-2+. The molecule has 0 bridgehead atoms. The maximum atomic E-state index is 10.9. The number of rotatable bonds is 5. The van der Waals surface area contributed by atoms with Gasteiger partial charge in [-0.3, -0.25) is 20.2 Å². The first-order valence-electron chi connectivity index (χ1n) is 7.25. The molecule has 3 rings (SSSR count). The predicted octanol–water partition coefficient (Wildman–Crippen LogP) is 4.16. The van der Waals surface area contributed by atoms with Gasteiger partial charge in [-0.05, 0) is 35.9 Å². The van der Waals surface area contributed by atoms with Crippen LogP contribution in [0.2, 0.25) is 0 Å². The lowest BCUT2D eigenvalue weighted by atomic mass is 10.1. The highest BCUT2D eigenvalue weighted by Gasteiger charge is 2.15. The fraction of sp³-hybridized carbons (Fsp3) is 0.0588. The number of H-pyrrole nitrogens is 1. The molecule has 3 aromatic rings. The maximum absolute atomic E-state index is 10.9. The van der Waals surface area contributed by atoms with Crippen LogP contribution in [0.4, 0.5) is 11.4 Å². The van der Waals surface area contributed by atoms with E-state index >= 15 is 0 Å².